The predicted octanol–water partition coefficient (Wildman–Crippen LogP) is 3.53. The van der Waals surface area contributed by atoms with Crippen LogP contribution in [0.25, 0.3) is 0 Å². The molecule has 0 bridgehead atoms. The summed E-state index contributed by atoms with van der Waals surface area (Å²) in [5, 5.41) is 2.82. The number of halogens is 1. The molecule has 0 aliphatic heterocycles. The smallest absolute Gasteiger partial charge is 0.226 e. The Morgan fingerprint density at radius 1 is 1.50 bits per heavy atom. The number of rotatable bonds is 2. The summed E-state index contributed by atoms with van der Waals surface area (Å²) < 4.78 is 0.916. The highest BCUT2D eigenvalue weighted by Crippen LogP contribution is 2.21. The minimum Gasteiger partial charge on any atom is -0.310 e. The van der Waals surface area contributed by atoms with Gasteiger partial charge < -0.3 is 5.32 Å². The maximum Gasteiger partial charge on any atom is 0.226 e. The summed E-state index contributed by atoms with van der Waals surface area (Å²) in [6.45, 7) is 8.03. The standard InChI is InChI=1S/C12H17BrN2O/c1-8-5-9(13)7-14-11(8)15-10(16)6-12(2,3)4/h5,7H,6H2,1-4H3,(H,14,15,16). The molecule has 0 saturated heterocycles. The number of anilines is 1. The fourth-order valence-corrected chi connectivity index (χ4v) is 1.78. The monoisotopic (exact) mass is 284 g/mol. The lowest BCUT2D eigenvalue weighted by Crippen LogP contribution is -2.20. The van der Waals surface area contributed by atoms with Gasteiger partial charge in [-0.3, -0.25) is 4.79 Å². The van der Waals surface area contributed by atoms with Crippen LogP contribution in [0.5, 0.6) is 0 Å². The molecule has 1 heterocycles. The van der Waals surface area contributed by atoms with Crippen LogP contribution in [0.3, 0.4) is 0 Å². The fourth-order valence-electron chi connectivity index (χ4n) is 1.33. The van der Waals surface area contributed by atoms with Gasteiger partial charge in [0.2, 0.25) is 5.91 Å². The highest BCUT2D eigenvalue weighted by atomic mass is 79.9. The van der Waals surface area contributed by atoms with Crippen LogP contribution in [0.15, 0.2) is 16.7 Å². The normalized spacial score (nSPS) is 11.3. The van der Waals surface area contributed by atoms with E-state index in [1.54, 1.807) is 6.20 Å². The van der Waals surface area contributed by atoms with Crippen LogP contribution in [-0.2, 0) is 4.79 Å². The van der Waals surface area contributed by atoms with Crippen molar-refractivity contribution in [1.82, 2.24) is 4.98 Å². The number of amides is 1. The van der Waals surface area contributed by atoms with Gasteiger partial charge in [0.1, 0.15) is 5.82 Å². The SMILES string of the molecule is Cc1cc(Br)cnc1NC(=O)CC(C)(C)C. The molecule has 0 spiro atoms. The lowest BCUT2D eigenvalue weighted by molar-refractivity contribution is -0.117. The summed E-state index contributed by atoms with van der Waals surface area (Å²) in [5.41, 5.74) is 0.949. The van der Waals surface area contributed by atoms with Gasteiger partial charge in [-0.2, -0.15) is 0 Å². The first-order valence-electron chi connectivity index (χ1n) is 5.20. The van der Waals surface area contributed by atoms with Crippen LogP contribution in [-0.4, -0.2) is 10.9 Å². The Bertz CT molecular complexity index is 396. The number of hydrogen-bond donors (Lipinski definition) is 1. The number of pyridine rings is 1. The van der Waals surface area contributed by atoms with E-state index < -0.39 is 0 Å². The molecule has 0 aliphatic rings. The Morgan fingerprint density at radius 3 is 2.62 bits per heavy atom. The summed E-state index contributed by atoms with van der Waals surface area (Å²) in [6, 6.07) is 1.93. The third-order valence-corrected chi connectivity index (χ3v) is 2.43. The van der Waals surface area contributed by atoms with Gasteiger partial charge in [-0.1, -0.05) is 20.8 Å². The molecule has 1 rings (SSSR count). The molecule has 1 aromatic heterocycles. The van der Waals surface area contributed by atoms with Gasteiger partial charge in [-0.25, -0.2) is 4.98 Å². The van der Waals surface area contributed by atoms with E-state index in [4.69, 9.17) is 0 Å². The molecule has 16 heavy (non-hydrogen) atoms. The number of hydrogen-bond acceptors (Lipinski definition) is 2. The zero-order valence-electron chi connectivity index (χ0n) is 10.1. The van der Waals surface area contributed by atoms with Crippen molar-refractivity contribution in [2.24, 2.45) is 5.41 Å². The largest absolute Gasteiger partial charge is 0.310 e. The van der Waals surface area contributed by atoms with Crippen molar-refractivity contribution in [2.45, 2.75) is 34.1 Å². The minimum atomic E-state index is -0.00660. The maximum absolute atomic E-state index is 11.7. The second-order valence-corrected chi connectivity index (χ2v) is 6.02. The van der Waals surface area contributed by atoms with Crippen molar-refractivity contribution >= 4 is 27.7 Å². The van der Waals surface area contributed by atoms with Crippen molar-refractivity contribution in [1.29, 1.82) is 0 Å². The molecule has 1 aromatic rings. The van der Waals surface area contributed by atoms with Crippen LogP contribution in [0, 0.1) is 12.3 Å². The Kier molecular flexibility index (Phi) is 4.08. The number of carbonyl (C=O) groups is 1. The van der Waals surface area contributed by atoms with E-state index in [1.807, 2.05) is 33.8 Å². The summed E-state index contributed by atoms with van der Waals surface area (Å²) >= 11 is 3.34. The molecule has 88 valence electrons. The molecule has 0 atom stereocenters. The zero-order chi connectivity index (χ0) is 12.3. The van der Waals surface area contributed by atoms with Gasteiger partial charge in [-0.05, 0) is 39.9 Å². The molecule has 1 amide bonds. The predicted molar refractivity (Wildman–Crippen MR) is 69.4 cm³/mol. The quantitative estimate of drug-likeness (QED) is 0.903. The number of nitrogens with zero attached hydrogens (tertiary/aromatic N) is 1. The van der Waals surface area contributed by atoms with Crippen LogP contribution < -0.4 is 5.32 Å². The van der Waals surface area contributed by atoms with E-state index in [2.05, 4.69) is 26.2 Å². The maximum atomic E-state index is 11.7. The molecule has 0 aliphatic carbocycles. The van der Waals surface area contributed by atoms with Gasteiger partial charge in [0.25, 0.3) is 0 Å². The first-order chi connectivity index (χ1) is 7.28. The lowest BCUT2D eigenvalue weighted by Gasteiger charge is -2.17. The van der Waals surface area contributed by atoms with Gasteiger partial charge in [0.05, 0.1) is 0 Å². The van der Waals surface area contributed by atoms with E-state index >= 15 is 0 Å². The number of nitrogens with one attached hydrogen (secondary N) is 1. The highest BCUT2D eigenvalue weighted by molar-refractivity contribution is 9.10. The number of aromatic nitrogens is 1. The summed E-state index contributed by atoms with van der Waals surface area (Å²) in [7, 11) is 0. The highest BCUT2D eigenvalue weighted by Gasteiger charge is 2.16. The van der Waals surface area contributed by atoms with Gasteiger partial charge in [-0.15, -0.1) is 0 Å². The van der Waals surface area contributed by atoms with E-state index in [0.29, 0.717) is 12.2 Å². The van der Waals surface area contributed by atoms with Gasteiger partial charge >= 0.3 is 0 Å². The Hall–Kier alpha value is -0.900. The Morgan fingerprint density at radius 2 is 2.12 bits per heavy atom. The summed E-state index contributed by atoms with van der Waals surface area (Å²) in [5.74, 6) is 0.642. The second kappa shape index (κ2) is 4.95. The molecular formula is C12H17BrN2O. The van der Waals surface area contributed by atoms with Crippen molar-refractivity contribution < 1.29 is 4.79 Å². The molecule has 1 N–H and O–H groups in total. The fraction of sp³-hybridized carbons (Fsp3) is 0.500. The number of carbonyl (C=O) groups excluding carboxylic acids is 1. The topological polar surface area (TPSA) is 42.0 Å². The van der Waals surface area contributed by atoms with Crippen LogP contribution >= 0.6 is 15.9 Å². The average Bonchev–Trinajstić information content (AvgIpc) is 2.06. The van der Waals surface area contributed by atoms with Gasteiger partial charge in [0, 0.05) is 17.1 Å². The molecular weight excluding hydrogens is 268 g/mol. The molecule has 0 saturated carbocycles. The summed E-state index contributed by atoms with van der Waals surface area (Å²) in [6.07, 6.45) is 2.17. The number of aryl methyl sites for hydroxylation is 1. The van der Waals surface area contributed by atoms with Crippen LogP contribution in [0.4, 0.5) is 5.82 Å². The first-order valence-corrected chi connectivity index (χ1v) is 5.99. The molecule has 0 unspecified atom stereocenters. The Labute approximate surface area is 105 Å². The third kappa shape index (κ3) is 4.31. The molecule has 3 nitrogen and oxygen atoms in total. The van der Waals surface area contributed by atoms with Gasteiger partial charge in [0.15, 0.2) is 0 Å². The van der Waals surface area contributed by atoms with E-state index in [1.165, 1.54) is 0 Å². The van der Waals surface area contributed by atoms with Crippen LogP contribution in [0.2, 0.25) is 0 Å². The molecule has 4 heteroatoms. The summed E-state index contributed by atoms with van der Waals surface area (Å²) in [4.78, 5) is 15.9. The Balaban J connectivity index is 2.70. The minimum absolute atomic E-state index is 0.00502. The lowest BCUT2D eigenvalue weighted by atomic mass is 9.92. The van der Waals surface area contributed by atoms with E-state index in [-0.39, 0.29) is 11.3 Å². The average molecular weight is 285 g/mol. The first kappa shape index (κ1) is 13.2. The van der Waals surface area contributed by atoms with E-state index in [0.717, 1.165) is 10.0 Å². The molecule has 0 radical (unpaired) electrons. The van der Waals surface area contributed by atoms with Crippen LogP contribution in [0.1, 0.15) is 32.8 Å². The van der Waals surface area contributed by atoms with Crippen molar-refractivity contribution in [3.63, 3.8) is 0 Å². The zero-order valence-corrected chi connectivity index (χ0v) is 11.7. The van der Waals surface area contributed by atoms with Crippen molar-refractivity contribution in [2.75, 3.05) is 5.32 Å². The molecule has 0 fully saturated rings. The second-order valence-electron chi connectivity index (χ2n) is 5.10. The van der Waals surface area contributed by atoms with Crippen molar-refractivity contribution in [3.8, 4) is 0 Å². The molecule has 0 aromatic carbocycles. The van der Waals surface area contributed by atoms with E-state index in [9.17, 15) is 4.79 Å². The van der Waals surface area contributed by atoms with Crippen molar-refractivity contribution in [3.05, 3.63) is 22.3 Å². The third-order valence-electron chi connectivity index (χ3n) is 1.99.